The van der Waals surface area contributed by atoms with Crippen LogP contribution in [0.15, 0.2) is 0 Å². The van der Waals surface area contributed by atoms with E-state index in [1.807, 2.05) is 0 Å². The standard InChI is InChI=1S/C27H51NO3/c1-2-3-4-5-6-7-8-9-10-11-12-13-14-15-16-17-18-19-20-23-26(29)28-24-21-22-25(28)27(30)31/h25H,2-24H2,1H3,(H,30,31). The highest BCUT2D eigenvalue weighted by Gasteiger charge is 2.33. The molecule has 4 heteroatoms. The van der Waals surface area contributed by atoms with Crippen LogP contribution < -0.4 is 0 Å². The van der Waals surface area contributed by atoms with Crippen LogP contribution in [0.25, 0.3) is 0 Å². The van der Waals surface area contributed by atoms with Crippen LogP contribution >= 0.6 is 0 Å². The second-order valence-electron chi connectivity index (χ2n) is 9.70. The Kier molecular flexibility index (Phi) is 17.7. The Bertz CT molecular complexity index is 452. The molecule has 4 nitrogen and oxygen atoms in total. The van der Waals surface area contributed by atoms with Gasteiger partial charge in [-0.15, -0.1) is 0 Å². The monoisotopic (exact) mass is 437 g/mol. The normalized spacial score (nSPS) is 16.2. The van der Waals surface area contributed by atoms with Crippen LogP contribution in [0.1, 0.15) is 148 Å². The number of aliphatic carboxylic acids is 1. The van der Waals surface area contributed by atoms with E-state index in [1.165, 1.54) is 109 Å². The smallest absolute Gasteiger partial charge is 0.326 e. The lowest BCUT2D eigenvalue weighted by Crippen LogP contribution is -2.40. The summed E-state index contributed by atoms with van der Waals surface area (Å²) in [7, 11) is 0. The summed E-state index contributed by atoms with van der Waals surface area (Å²) in [6.07, 6.45) is 27.5. The average Bonchev–Trinajstić information content (AvgIpc) is 3.26. The molecule has 1 unspecified atom stereocenters. The fraction of sp³-hybridized carbons (Fsp3) is 0.926. The molecular weight excluding hydrogens is 386 g/mol. The van der Waals surface area contributed by atoms with Crippen LogP contribution in [-0.2, 0) is 9.59 Å². The van der Waals surface area contributed by atoms with Crippen molar-refractivity contribution in [2.24, 2.45) is 0 Å². The summed E-state index contributed by atoms with van der Waals surface area (Å²) >= 11 is 0. The molecule has 1 N–H and O–H groups in total. The van der Waals surface area contributed by atoms with Crippen molar-refractivity contribution in [3.63, 3.8) is 0 Å². The molecule has 0 bridgehead atoms. The van der Waals surface area contributed by atoms with Gasteiger partial charge in [-0.3, -0.25) is 4.79 Å². The molecule has 1 fully saturated rings. The summed E-state index contributed by atoms with van der Waals surface area (Å²) < 4.78 is 0. The Morgan fingerprint density at radius 2 is 1.06 bits per heavy atom. The van der Waals surface area contributed by atoms with Gasteiger partial charge in [-0.1, -0.05) is 122 Å². The van der Waals surface area contributed by atoms with Gasteiger partial charge in [0.25, 0.3) is 0 Å². The van der Waals surface area contributed by atoms with Crippen molar-refractivity contribution in [1.82, 2.24) is 4.90 Å². The number of carboxylic acid groups (broad SMARTS) is 1. The number of likely N-dealkylation sites (tertiary alicyclic amines) is 1. The number of rotatable bonds is 21. The minimum Gasteiger partial charge on any atom is -0.480 e. The maximum atomic E-state index is 12.2. The van der Waals surface area contributed by atoms with Crippen molar-refractivity contribution >= 4 is 11.9 Å². The molecule has 1 aliphatic rings. The first kappa shape index (κ1) is 28.0. The lowest BCUT2D eigenvalue weighted by atomic mass is 10.0. The number of carboxylic acids is 1. The summed E-state index contributed by atoms with van der Waals surface area (Å²) in [6.45, 7) is 2.90. The lowest BCUT2D eigenvalue weighted by Gasteiger charge is -2.21. The topological polar surface area (TPSA) is 57.6 Å². The maximum absolute atomic E-state index is 12.2. The van der Waals surface area contributed by atoms with Crippen molar-refractivity contribution in [3.05, 3.63) is 0 Å². The fourth-order valence-corrected chi connectivity index (χ4v) is 4.82. The molecule has 0 aromatic heterocycles. The van der Waals surface area contributed by atoms with E-state index in [0.717, 1.165) is 19.3 Å². The van der Waals surface area contributed by atoms with E-state index in [2.05, 4.69) is 6.92 Å². The number of carbonyl (C=O) groups excluding carboxylic acids is 1. The zero-order valence-electron chi connectivity index (χ0n) is 20.6. The first-order valence-electron chi connectivity index (χ1n) is 13.7. The predicted octanol–water partition coefficient (Wildman–Crippen LogP) is 7.88. The minimum absolute atomic E-state index is 0.0388. The third kappa shape index (κ3) is 14.6. The van der Waals surface area contributed by atoms with E-state index >= 15 is 0 Å². The van der Waals surface area contributed by atoms with Crippen LogP contribution in [0.3, 0.4) is 0 Å². The second kappa shape index (κ2) is 19.6. The van der Waals surface area contributed by atoms with Crippen molar-refractivity contribution < 1.29 is 14.7 Å². The van der Waals surface area contributed by atoms with Gasteiger partial charge >= 0.3 is 5.97 Å². The molecule has 0 aliphatic carbocycles. The van der Waals surface area contributed by atoms with Gasteiger partial charge in [0.1, 0.15) is 6.04 Å². The van der Waals surface area contributed by atoms with Gasteiger partial charge in [0.05, 0.1) is 0 Å². The number of nitrogens with zero attached hydrogens (tertiary/aromatic N) is 1. The second-order valence-corrected chi connectivity index (χ2v) is 9.70. The summed E-state index contributed by atoms with van der Waals surface area (Å²) in [4.78, 5) is 25.0. The van der Waals surface area contributed by atoms with E-state index in [-0.39, 0.29) is 5.91 Å². The highest BCUT2D eigenvalue weighted by atomic mass is 16.4. The molecule has 1 heterocycles. The van der Waals surface area contributed by atoms with Crippen LogP contribution in [0.2, 0.25) is 0 Å². The summed E-state index contributed by atoms with van der Waals surface area (Å²) in [6, 6.07) is -0.576. The van der Waals surface area contributed by atoms with E-state index in [0.29, 0.717) is 19.4 Å². The van der Waals surface area contributed by atoms with E-state index in [1.54, 1.807) is 4.90 Å². The Morgan fingerprint density at radius 1 is 0.677 bits per heavy atom. The highest BCUT2D eigenvalue weighted by Crippen LogP contribution is 2.20. The zero-order chi connectivity index (χ0) is 22.6. The van der Waals surface area contributed by atoms with Crippen LogP contribution in [0.4, 0.5) is 0 Å². The quantitative estimate of drug-likeness (QED) is 0.186. The maximum Gasteiger partial charge on any atom is 0.326 e. The van der Waals surface area contributed by atoms with Crippen molar-refractivity contribution in [3.8, 4) is 0 Å². The van der Waals surface area contributed by atoms with Crippen LogP contribution in [0.5, 0.6) is 0 Å². The molecular formula is C27H51NO3. The summed E-state index contributed by atoms with van der Waals surface area (Å²) in [5.74, 6) is -0.809. The third-order valence-corrected chi connectivity index (χ3v) is 6.85. The molecule has 1 rings (SSSR count). The van der Waals surface area contributed by atoms with Crippen LogP contribution in [0, 0.1) is 0 Å². The minimum atomic E-state index is -0.848. The molecule has 1 saturated heterocycles. The Hall–Kier alpha value is -1.06. The molecule has 0 spiro atoms. The van der Waals surface area contributed by atoms with E-state index in [9.17, 15) is 14.7 Å². The fourth-order valence-electron chi connectivity index (χ4n) is 4.82. The van der Waals surface area contributed by atoms with E-state index in [4.69, 9.17) is 0 Å². The molecule has 31 heavy (non-hydrogen) atoms. The first-order chi connectivity index (χ1) is 15.2. The first-order valence-corrected chi connectivity index (χ1v) is 13.7. The van der Waals surface area contributed by atoms with Gasteiger partial charge in [-0.25, -0.2) is 4.79 Å². The van der Waals surface area contributed by atoms with Gasteiger partial charge in [-0.05, 0) is 19.3 Å². The van der Waals surface area contributed by atoms with Crippen LogP contribution in [-0.4, -0.2) is 34.5 Å². The number of hydrogen-bond acceptors (Lipinski definition) is 2. The van der Waals surface area contributed by atoms with Gasteiger partial charge in [0.2, 0.25) is 5.91 Å². The lowest BCUT2D eigenvalue weighted by molar-refractivity contribution is -0.148. The number of hydrogen-bond donors (Lipinski definition) is 1. The molecule has 1 atom stereocenters. The summed E-state index contributed by atoms with van der Waals surface area (Å²) in [5, 5.41) is 9.17. The number of amides is 1. The van der Waals surface area contributed by atoms with Gasteiger partial charge in [0, 0.05) is 13.0 Å². The molecule has 182 valence electrons. The molecule has 0 radical (unpaired) electrons. The average molecular weight is 438 g/mol. The Labute approximate surface area is 192 Å². The Morgan fingerprint density at radius 3 is 1.45 bits per heavy atom. The largest absolute Gasteiger partial charge is 0.480 e. The molecule has 0 saturated carbocycles. The van der Waals surface area contributed by atoms with Crippen molar-refractivity contribution in [1.29, 1.82) is 0 Å². The summed E-state index contributed by atoms with van der Waals surface area (Å²) in [5.41, 5.74) is 0. The molecule has 0 aromatic carbocycles. The molecule has 1 amide bonds. The van der Waals surface area contributed by atoms with Crippen molar-refractivity contribution in [2.75, 3.05) is 6.54 Å². The zero-order valence-corrected chi connectivity index (χ0v) is 20.6. The molecule has 1 aliphatic heterocycles. The SMILES string of the molecule is CCCCCCCCCCCCCCCCCCCCCC(=O)N1CCCC1C(=O)O. The molecule has 0 aromatic rings. The number of carbonyl (C=O) groups is 2. The third-order valence-electron chi connectivity index (χ3n) is 6.85. The van der Waals surface area contributed by atoms with Gasteiger partial charge < -0.3 is 10.0 Å². The van der Waals surface area contributed by atoms with Crippen molar-refractivity contribution in [2.45, 2.75) is 154 Å². The number of unbranched alkanes of at least 4 members (excludes halogenated alkanes) is 18. The highest BCUT2D eigenvalue weighted by molar-refractivity contribution is 5.84. The van der Waals surface area contributed by atoms with Gasteiger partial charge in [-0.2, -0.15) is 0 Å². The van der Waals surface area contributed by atoms with Gasteiger partial charge in [0.15, 0.2) is 0 Å². The van der Waals surface area contributed by atoms with E-state index < -0.39 is 12.0 Å². The predicted molar refractivity (Wildman–Crippen MR) is 130 cm³/mol. The Balaban J connectivity index is 1.77.